The van der Waals surface area contributed by atoms with Crippen molar-refractivity contribution in [2.45, 2.75) is 52.6 Å². The number of carbonyl (C=O) groups is 1. The van der Waals surface area contributed by atoms with Crippen molar-refractivity contribution in [3.8, 4) is 5.75 Å². The molecule has 4 nitrogen and oxygen atoms in total. The van der Waals surface area contributed by atoms with Crippen molar-refractivity contribution < 1.29 is 9.53 Å². The molecule has 0 radical (unpaired) electrons. The molecule has 1 aliphatic rings. The van der Waals surface area contributed by atoms with Gasteiger partial charge in [-0.3, -0.25) is 4.79 Å². The maximum atomic E-state index is 12.1. The smallest absolute Gasteiger partial charge is 0.237 e. The van der Waals surface area contributed by atoms with Crippen LogP contribution < -0.4 is 15.4 Å². The lowest BCUT2D eigenvalue weighted by Gasteiger charge is -2.15. The van der Waals surface area contributed by atoms with E-state index in [9.17, 15) is 4.79 Å². The van der Waals surface area contributed by atoms with Crippen LogP contribution in [0.3, 0.4) is 0 Å². The highest BCUT2D eigenvalue weighted by molar-refractivity contribution is 5.82. The molecule has 1 aromatic carbocycles. The van der Waals surface area contributed by atoms with E-state index < -0.39 is 0 Å². The first-order valence-electron chi connectivity index (χ1n) is 8.29. The molecule has 0 aliphatic carbocycles. The minimum absolute atomic E-state index is 0.0317. The molecule has 4 heteroatoms. The van der Waals surface area contributed by atoms with Gasteiger partial charge in [0.05, 0.1) is 12.6 Å². The molecule has 1 unspecified atom stereocenters. The number of hydrogen-bond donors (Lipinski definition) is 2. The van der Waals surface area contributed by atoms with E-state index in [1.807, 2.05) is 6.07 Å². The van der Waals surface area contributed by atoms with Crippen molar-refractivity contribution >= 4 is 5.91 Å². The van der Waals surface area contributed by atoms with Gasteiger partial charge in [-0.05, 0) is 50.3 Å². The number of rotatable bonds is 7. The second-order valence-electron chi connectivity index (χ2n) is 6.51. The van der Waals surface area contributed by atoms with E-state index in [0.717, 1.165) is 37.1 Å². The van der Waals surface area contributed by atoms with E-state index in [-0.39, 0.29) is 11.9 Å². The molecule has 1 aliphatic heterocycles. The Hall–Kier alpha value is -1.55. The zero-order chi connectivity index (χ0) is 15.9. The summed E-state index contributed by atoms with van der Waals surface area (Å²) in [4.78, 5) is 12.1. The minimum atomic E-state index is -0.0317. The number of aryl methyl sites for hydroxylation is 1. The summed E-state index contributed by atoms with van der Waals surface area (Å²) in [7, 11) is 0. The average Bonchev–Trinajstić information content (AvgIpc) is 3.00. The normalized spacial score (nSPS) is 17.7. The Bertz CT molecular complexity index is 494. The van der Waals surface area contributed by atoms with Gasteiger partial charge in [0.25, 0.3) is 0 Å². The summed E-state index contributed by atoms with van der Waals surface area (Å²) in [6.07, 6.45) is 3.04. The lowest BCUT2D eigenvalue weighted by molar-refractivity contribution is -0.122. The monoisotopic (exact) mass is 304 g/mol. The molecule has 1 aromatic rings. The predicted molar refractivity (Wildman–Crippen MR) is 89.0 cm³/mol. The maximum absolute atomic E-state index is 12.1. The van der Waals surface area contributed by atoms with Gasteiger partial charge < -0.3 is 15.4 Å². The molecule has 0 spiro atoms. The molecule has 1 saturated heterocycles. The summed E-state index contributed by atoms with van der Waals surface area (Å²) in [5.41, 5.74) is 2.22. The van der Waals surface area contributed by atoms with Gasteiger partial charge >= 0.3 is 0 Å². The van der Waals surface area contributed by atoms with E-state index in [4.69, 9.17) is 4.74 Å². The summed E-state index contributed by atoms with van der Waals surface area (Å²) in [6.45, 7) is 8.61. The van der Waals surface area contributed by atoms with E-state index in [1.54, 1.807) is 0 Å². The summed E-state index contributed by atoms with van der Waals surface area (Å²) in [5, 5.41) is 6.24. The predicted octanol–water partition coefficient (Wildman–Crippen LogP) is 2.79. The fourth-order valence-electron chi connectivity index (χ4n) is 2.56. The van der Waals surface area contributed by atoms with E-state index >= 15 is 0 Å². The number of ether oxygens (including phenoxy) is 1. The van der Waals surface area contributed by atoms with Crippen molar-refractivity contribution in [1.29, 1.82) is 0 Å². The molecule has 1 heterocycles. The quantitative estimate of drug-likeness (QED) is 0.814. The van der Waals surface area contributed by atoms with Crippen LogP contribution in [0.15, 0.2) is 18.2 Å². The van der Waals surface area contributed by atoms with E-state index in [1.165, 1.54) is 5.56 Å². The molecule has 0 saturated carbocycles. The van der Waals surface area contributed by atoms with Crippen LogP contribution in [-0.2, 0) is 11.3 Å². The van der Waals surface area contributed by atoms with Crippen molar-refractivity contribution in [1.82, 2.24) is 10.6 Å². The van der Waals surface area contributed by atoms with Crippen LogP contribution in [0.1, 0.15) is 44.2 Å². The van der Waals surface area contributed by atoms with Gasteiger partial charge in [-0.25, -0.2) is 0 Å². The molecule has 22 heavy (non-hydrogen) atoms. The van der Waals surface area contributed by atoms with E-state index in [2.05, 4.69) is 43.5 Å². The van der Waals surface area contributed by atoms with Crippen molar-refractivity contribution in [2.75, 3.05) is 13.2 Å². The van der Waals surface area contributed by atoms with Crippen LogP contribution >= 0.6 is 0 Å². The Morgan fingerprint density at radius 3 is 2.95 bits per heavy atom. The highest BCUT2D eigenvalue weighted by Crippen LogP contribution is 2.21. The number of carbonyl (C=O) groups excluding carboxylic acids is 1. The van der Waals surface area contributed by atoms with Crippen LogP contribution in [0.4, 0.5) is 0 Å². The van der Waals surface area contributed by atoms with Gasteiger partial charge in [-0.15, -0.1) is 0 Å². The molecular weight excluding hydrogens is 276 g/mol. The third kappa shape index (κ3) is 5.02. The molecule has 2 rings (SSSR count). The fourth-order valence-corrected chi connectivity index (χ4v) is 2.56. The maximum Gasteiger partial charge on any atom is 0.237 e. The average molecular weight is 304 g/mol. The highest BCUT2D eigenvalue weighted by atomic mass is 16.5. The van der Waals surface area contributed by atoms with Crippen LogP contribution in [0.25, 0.3) is 0 Å². The first-order valence-corrected chi connectivity index (χ1v) is 8.29. The molecule has 1 amide bonds. The largest absolute Gasteiger partial charge is 0.493 e. The van der Waals surface area contributed by atoms with Gasteiger partial charge in [0.15, 0.2) is 0 Å². The first-order chi connectivity index (χ1) is 10.6. The van der Waals surface area contributed by atoms with Gasteiger partial charge in [0.2, 0.25) is 5.91 Å². The summed E-state index contributed by atoms with van der Waals surface area (Å²) in [6, 6.07) is 6.12. The zero-order valence-corrected chi connectivity index (χ0v) is 13.9. The number of hydrogen-bond acceptors (Lipinski definition) is 3. The summed E-state index contributed by atoms with van der Waals surface area (Å²) < 4.78 is 5.92. The fraction of sp³-hybridized carbons (Fsp3) is 0.611. The molecule has 122 valence electrons. The van der Waals surface area contributed by atoms with E-state index in [0.29, 0.717) is 19.1 Å². The zero-order valence-electron chi connectivity index (χ0n) is 13.9. The second kappa shape index (κ2) is 8.18. The van der Waals surface area contributed by atoms with Gasteiger partial charge in [0, 0.05) is 12.1 Å². The Kier molecular flexibility index (Phi) is 6.25. The third-order valence-electron chi connectivity index (χ3n) is 4.01. The molecule has 0 bridgehead atoms. The molecule has 1 atom stereocenters. The Morgan fingerprint density at radius 2 is 2.27 bits per heavy atom. The minimum Gasteiger partial charge on any atom is -0.493 e. The SMILES string of the molecule is Cc1ccc(CNC(=O)C2CCCN2)c(OCCC(C)C)c1. The lowest BCUT2D eigenvalue weighted by Crippen LogP contribution is -2.40. The number of nitrogens with one attached hydrogen (secondary N) is 2. The van der Waals surface area contributed by atoms with Gasteiger partial charge in [0.1, 0.15) is 5.75 Å². The lowest BCUT2D eigenvalue weighted by atomic mass is 10.1. The number of amides is 1. The molecule has 1 fully saturated rings. The van der Waals surface area contributed by atoms with Crippen LogP contribution in [0, 0.1) is 12.8 Å². The Morgan fingerprint density at radius 1 is 1.45 bits per heavy atom. The van der Waals surface area contributed by atoms with Crippen LogP contribution in [-0.4, -0.2) is 25.1 Å². The molecular formula is C18H28N2O2. The standard InChI is InChI=1S/C18H28N2O2/c1-13(2)8-10-22-17-11-14(3)6-7-15(17)12-20-18(21)16-5-4-9-19-16/h6-7,11,13,16,19H,4-5,8-10,12H2,1-3H3,(H,20,21). The van der Waals surface area contributed by atoms with Crippen molar-refractivity contribution in [3.05, 3.63) is 29.3 Å². The first kappa shape index (κ1) is 16.8. The third-order valence-corrected chi connectivity index (χ3v) is 4.01. The number of benzene rings is 1. The summed E-state index contributed by atoms with van der Waals surface area (Å²) >= 11 is 0. The second-order valence-corrected chi connectivity index (χ2v) is 6.51. The highest BCUT2D eigenvalue weighted by Gasteiger charge is 2.21. The van der Waals surface area contributed by atoms with Crippen molar-refractivity contribution in [2.24, 2.45) is 5.92 Å². The van der Waals surface area contributed by atoms with Gasteiger partial charge in [-0.2, -0.15) is 0 Å². The topological polar surface area (TPSA) is 50.4 Å². The Balaban J connectivity index is 1.92. The van der Waals surface area contributed by atoms with Crippen LogP contribution in [0.2, 0.25) is 0 Å². The van der Waals surface area contributed by atoms with Crippen molar-refractivity contribution in [3.63, 3.8) is 0 Å². The van der Waals surface area contributed by atoms with Gasteiger partial charge in [-0.1, -0.05) is 26.0 Å². The molecule has 2 N–H and O–H groups in total. The summed E-state index contributed by atoms with van der Waals surface area (Å²) in [5.74, 6) is 1.60. The van der Waals surface area contributed by atoms with Crippen LogP contribution in [0.5, 0.6) is 5.75 Å². The molecule has 0 aromatic heterocycles. The Labute approximate surface area is 133 Å².